The van der Waals surface area contributed by atoms with Crippen molar-refractivity contribution in [3.8, 4) is 28.1 Å². The molecular weight excluding hydrogens is 572 g/mol. The molecule has 0 spiro atoms. The Bertz CT molecular complexity index is 2040. The van der Waals surface area contributed by atoms with Crippen LogP contribution in [0.4, 0.5) is 14.5 Å². The molecule has 9 nitrogen and oxygen atoms in total. The molecule has 0 bridgehead atoms. The minimum atomic E-state index is -3.95. The summed E-state index contributed by atoms with van der Waals surface area (Å²) in [5.74, 6) is -1.48. The molecule has 2 heterocycles. The highest BCUT2D eigenvalue weighted by Gasteiger charge is 2.17. The van der Waals surface area contributed by atoms with Crippen LogP contribution in [0.3, 0.4) is 0 Å². The number of aromatic nitrogens is 5. The summed E-state index contributed by atoms with van der Waals surface area (Å²) in [6.07, 6.45) is 3.49. The third kappa shape index (κ3) is 6.01. The largest absolute Gasteiger partial charge is 0.308 e. The van der Waals surface area contributed by atoms with Gasteiger partial charge in [0.25, 0.3) is 10.0 Å². The molecule has 4 aromatic carbocycles. The second-order valence-corrected chi connectivity index (χ2v) is 12.0. The lowest BCUT2D eigenvalue weighted by atomic mass is 10.0. The van der Waals surface area contributed by atoms with E-state index in [0.29, 0.717) is 29.0 Å². The molecule has 0 aliphatic carbocycles. The lowest BCUT2D eigenvalue weighted by Gasteiger charge is -2.14. The number of halogens is 2. The van der Waals surface area contributed by atoms with E-state index in [1.807, 2.05) is 38.5 Å². The van der Waals surface area contributed by atoms with Crippen LogP contribution in [0.5, 0.6) is 0 Å². The van der Waals surface area contributed by atoms with E-state index in [0.717, 1.165) is 29.8 Å². The fourth-order valence-corrected chi connectivity index (χ4v) is 5.78. The van der Waals surface area contributed by atoms with Crippen molar-refractivity contribution in [1.82, 2.24) is 29.4 Å². The predicted molar refractivity (Wildman–Crippen MR) is 161 cm³/mol. The second-order valence-electron chi connectivity index (χ2n) is 10.3. The molecule has 0 radical (unpaired) electrons. The molecular formula is C31H27F2N7O2S. The number of benzene rings is 4. The second kappa shape index (κ2) is 11.4. The molecule has 0 fully saturated rings. The number of fused-ring (bicyclic) bond motifs is 1. The number of hydrogen-bond donors (Lipinski definition) is 1. The smallest absolute Gasteiger partial charge is 0.261 e. The van der Waals surface area contributed by atoms with Gasteiger partial charge in [0.15, 0.2) is 0 Å². The Kier molecular flexibility index (Phi) is 7.46. The van der Waals surface area contributed by atoms with E-state index in [9.17, 15) is 17.2 Å². The third-order valence-electron chi connectivity index (χ3n) is 6.90. The van der Waals surface area contributed by atoms with Crippen LogP contribution in [-0.4, -0.2) is 58.5 Å². The van der Waals surface area contributed by atoms with Crippen molar-refractivity contribution in [2.45, 2.75) is 11.4 Å². The van der Waals surface area contributed by atoms with Gasteiger partial charge in [-0.15, -0.1) is 5.10 Å². The fraction of sp³-hybridized carbons (Fsp3) is 0.129. The molecule has 0 unspecified atom stereocenters. The van der Waals surface area contributed by atoms with Crippen LogP contribution < -0.4 is 4.72 Å². The monoisotopic (exact) mass is 599 g/mol. The summed E-state index contributed by atoms with van der Waals surface area (Å²) in [5.41, 5.74) is 4.15. The standard InChI is InChI=1S/C31H27F2N7O2S/c1-38(2)12-13-39-19-30(35-37-39)21-8-11-31-29(16-21)34-20-40(31)25-15-22(27-10-9-23(32)17-28(27)33)14-24(18-25)36-43(41,42)26-6-4-3-5-7-26/h3-11,14-20,36H,12-13H2,1-2H3. The highest BCUT2D eigenvalue weighted by Crippen LogP contribution is 2.32. The Labute approximate surface area is 247 Å². The van der Waals surface area contributed by atoms with Crippen LogP contribution in [0.1, 0.15) is 0 Å². The Morgan fingerprint density at radius 3 is 2.49 bits per heavy atom. The van der Waals surface area contributed by atoms with Gasteiger partial charge in [-0.1, -0.05) is 29.5 Å². The number of imidazole rings is 1. The Morgan fingerprint density at radius 2 is 1.72 bits per heavy atom. The summed E-state index contributed by atoms with van der Waals surface area (Å²) in [6.45, 7) is 1.54. The first-order valence-electron chi connectivity index (χ1n) is 13.4. The zero-order chi connectivity index (χ0) is 30.1. The van der Waals surface area contributed by atoms with Crippen molar-refractivity contribution in [2.24, 2.45) is 0 Å². The number of hydrogen-bond acceptors (Lipinski definition) is 6. The van der Waals surface area contributed by atoms with Crippen LogP contribution in [0.25, 0.3) is 39.1 Å². The van der Waals surface area contributed by atoms with Crippen LogP contribution in [0.2, 0.25) is 0 Å². The van der Waals surface area contributed by atoms with Gasteiger partial charge in [-0.25, -0.2) is 22.2 Å². The van der Waals surface area contributed by atoms with E-state index >= 15 is 0 Å². The van der Waals surface area contributed by atoms with Gasteiger partial charge in [0.1, 0.15) is 23.7 Å². The molecule has 0 atom stereocenters. The van der Waals surface area contributed by atoms with E-state index in [1.165, 1.54) is 24.3 Å². The van der Waals surface area contributed by atoms with Crippen LogP contribution in [0, 0.1) is 11.6 Å². The van der Waals surface area contributed by atoms with E-state index in [2.05, 4.69) is 24.9 Å². The van der Waals surface area contributed by atoms with E-state index in [-0.39, 0.29) is 16.1 Å². The minimum absolute atomic E-state index is 0.0779. The first-order chi connectivity index (χ1) is 20.7. The normalized spacial score (nSPS) is 11.8. The maximum atomic E-state index is 14.9. The highest BCUT2D eigenvalue weighted by molar-refractivity contribution is 7.92. The first-order valence-corrected chi connectivity index (χ1v) is 14.9. The number of likely N-dealkylation sites (N-methyl/N-ethyl adjacent to an activating group) is 1. The highest BCUT2D eigenvalue weighted by atomic mass is 32.2. The number of sulfonamides is 1. The van der Waals surface area contributed by atoms with Crippen molar-refractivity contribution in [2.75, 3.05) is 25.4 Å². The van der Waals surface area contributed by atoms with E-state index < -0.39 is 21.7 Å². The SMILES string of the molecule is CN(C)CCn1cc(-c2ccc3c(c2)ncn3-c2cc(NS(=O)(=O)c3ccccc3)cc(-c3ccc(F)cc3F)c2)nn1. The van der Waals surface area contributed by atoms with Gasteiger partial charge >= 0.3 is 0 Å². The lowest BCUT2D eigenvalue weighted by Crippen LogP contribution is -2.18. The molecule has 1 N–H and O–H groups in total. The average molecular weight is 600 g/mol. The first kappa shape index (κ1) is 28.2. The number of nitrogens with zero attached hydrogens (tertiary/aromatic N) is 6. The summed E-state index contributed by atoms with van der Waals surface area (Å²) < 4.78 is 61.0. The quantitative estimate of drug-likeness (QED) is 0.233. The van der Waals surface area contributed by atoms with Gasteiger partial charge < -0.3 is 4.90 Å². The molecule has 6 rings (SSSR count). The minimum Gasteiger partial charge on any atom is -0.308 e. The van der Waals surface area contributed by atoms with Gasteiger partial charge in [-0.05, 0) is 74.3 Å². The molecule has 0 amide bonds. The molecule has 6 aromatic rings. The maximum Gasteiger partial charge on any atom is 0.261 e. The summed E-state index contributed by atoms with van der Waals surface area (Å²) >= 11 is 0. The molecule has 0 saturated heterocycles. The van der Waals surface area contributed by atoms with Crippen molar-refractivity contribution in [1.29, 1.82) is 0 Å². The van der Waals surface area contributed by atoms with E-state index in [1.54, 1.807) is 45.9 Å². The number of anilines is 1. The van der Waals surface area contributed by atoms with Crippen molar-refractivity contribution in [3.05, 3.63) is 109 Å². The fourth-order valence-electron chi connectivity index (χ4n) is 4.72. The molecule has 218 valence electrons. The number of nitrogens with one attached hydrogen (secondary N) is 1. The van der Waals surface area contributed by atoms with Crippen molar-refractivity contribution < 1.29 is 17.2 Å². The zero-order valence-electron chi connectivity index (χ0n) is 23.3. The molecule has 2 aromatic heterocycles. The summed E-state index contributed by atoms with van der Waals surface area (Å²) in [5, 5.41) is 8.51. The lowest BCUT2D eigenvalue weighted by molar-refractivity contribution is 0.370. The zero-order valence-corrected chi connectivity index (χ0v) is 24.1. The van der Waals surface area contributed by atoms with E-state index in [4.69, 9.17) is 0 Å². The Morgan fingerprint density at radius 1 is 0.907 bits per heavy atom. The van der Waals surface area contributed by atoms with Gasteiger partial charge in [0.05, 0.1) is 34.4 Å². The summed E-state index contributed by atoms with van der Waals surface area (Å²) in [7, 11) is 0.0437. The predicted octanol–water partition coefficient (Wildman–Crippen LogP) is 5.59. The van der Waals surface area contributed by atoms with Gasteiger partial charge in [-0.2, -0.15) is 0 Å². The van der Waals surface area contributed by atoms with Crippen LogP contribution >= 0.6 is 0 Å². The average Bonchev–Trinajstić information content (AvgIpc) is 3.63. The summed E-state index contributed by atoms with van der Waals surface area (Å²) in [4.78, 5) is 6.71. The molecule has 0 aliphatic rings. The molecule has 43 heavy (non-hydrogen) atoms. The van der Waals surface area contributed by atoms with Gasteiger partial charge in [0, 0.05) is 29.4 Å². The van der Waals surface area contributed by atoms with Crippen LogP contribution in [-0.2, 0) is 16.6 Å². The molecule has 0 saturated carbocycles. The molecule has 0 aliphatic heterocycles. The number of rotatable bonds is 9. The summed E-state index contributed by atoms with van der Waals surface area (Å²) in [6, 6.07) is 21.7. The van der Waals surface area contributed by atoms with Crippen molar-refractivity contribution >= 4 is 26.7 Å². The maximum absolute atomic E-state index is 14.9. The Hall–Kier alpha value is -4.94. The topological polar surface area (TPSA) is 97.9 Å². The third-order valence-corrected chi connectivity index (χ3v) is 8.30. The van der Waals surface area contributed by atoms with Gasteiger partial charge in [-0.3, -0.25) is 14.0 Å². The van der Waals surface area contributed by atoms with Crippen molar-refractivity contribution in [3.63, 3.8) is 0 Å². The molecule has 12 heteroatoms. The van der Waals surface area contributed by atoms with Crippen LogP contribution in [0.15, 0.2) is 102 Å². The van der Waals surface area contributed by atoms with Gasteiger partial charge in [0.2, 0.25) is 0 Å². The Balaban J connectivity index is 1.41.